The van der Waals surface area contributed by atoms with Crippen molar-refractivity contribution in [3.8, 4) is 0 Å². The Morgan fingerprint density at radius 1 is 0.870 bits per heavy atom. The Balaban J connectivity index is 3.40. The first-order chi connectivity index (χ1) is 10.9. The van der Waals surface area contributed by atoms with Crippen LogP contribution in [0.2, 0.25) is 0 Å². The van der Waals surface area contributed by atoms with Crippen LogP contribution >= 0.6 is 0 Å². The Hall–Kier alpha value is -0.830. The van der Waals surface area contributed by atoms with Gasteiger partial charge in [0.1, 0.15) is 0 Å². The van der Waals surface area contributed by atoms with Crippen LogP contribution in [0.3, 0.4) is 0 Å². The molecule has 0 saturated heterocycles. The topological polar surface area (TPSA) is 26.3 Å². The molecule has 0 radical (unpaired) electrons. The quantitative estimate of drug-likeness (QED) is 0.181. The van der Waals surface area contributed by atoms with E-state index in [1.807, 2.05) is 0 Å². The second-order valence-electron chi connectivity index (χ2n) is 7.48. The van der Waals surface area contributed by atoms with E-state index in [0.717, 1.165) is 12.8 Å². The first-order valence-electron chi connectivity index (χ1n) is 9.53. The summed E-state index contributed by atoms with van der Waals surface area (Å²) in [5, 5.41) is 0. The molecule has 3 nitrogen and oxygen atoms in total. The lowest BCUT2D eigenvalue weighted by atomic mass is 10.1. The largest absolute Gasteiger partial charge is 0.462 e. The van der Waals surface area contributed by atoms with Gasteiger partial charge in [0, 0.05) is 5.57 Å². The maximum absolute atomic E-state index is 11.2. The highest BCUT2D eigenvalue weighted by Gasteiger charge is 2.13. The molecule has 0 aromatic heterocycles. The number of rotatable bonds is 15. The van der Waals surface area contributed by atoms with Crippen molar-refractivity contribution in [3.63, 3.8) is 0 Å². The van der Waals surface area contributed by atoms with E-state index in [9.17, 15) is 4.79 Å². The molecule has 23 heavy (non-hydrogen) atoms. The van der Waals surface area contributed by atoms with Gasteiger partial charge in [0.2, 0.25) is 0 Å². The van der Waals surface area contributed by atoms with Crippen LogP contribution in [0.4, 0.5) is 0 Å². The highest BCUT2D eigenvalue weighted by Crippen LogP contribution is 2.10. The first-order valence-corrected chi connectivity index (χ1v) is 9.53. The van der Waals surface area contributed by atoms with Gasteiger partial charge >= 0.3 is 5.97 Å². The van der Waals surface area contributed by atoms with Gasteiger partial charge in [-0.2, -0.15) is 0 Å². The standard InChI is InChI=1S/C20H40NO2/c1-6-7-8-13-16-21(4,5)17-14-11-9-10-12-15-18-23-20(22)19(2)3/h2,6-18H2,1,3-5H3/q+1. The summed E-state index contributed by atoms with van der Waals surface area (Å²) in [5.41, 5.74) is 0.487. The third-order valence-corrected chi connectivity index (χ3v) is 4.36. The van der Waals surface area contributed by atoms with Crippen molar-refractivity contribution in [2.45, 2.75) is 78.1 Å². The van der Waals surface area contributed by atoms with E-state index in [-0.39, 0.29) is 5.97 Å². The minimum atomic E-state index is -0.260. The average Bonchev–Trinajstić information content (AvgIpc) is 2.49. The Bertz CT molecular complexity index is 324. The second kappa shape index (κ2) is 13.6. The highest BCUT2D eigenvalue weighted by atomic mass is 16.5. The predicted octanol–water partition coefficient (Wildman–Crippen LogP) is 5.10. The summed E-state index contributed by atoms with van der Waals surface area (Å²) in [5.74, 6) is -0.260. The minimum absolute atomic E-state index is 0.260. The molecule has 0 spiro atoms. The normalized spacial score (nSPS) is 11.5. The highest BCUT2D eigenvalue weighted by molar-refractivity contribution is 5.86. The Morgan fingerprint density at radius 2 is 1.35 bits per heavy atom. The molecule has 0 unspecified atom stereocenters. The molecule has 0 heterocycles. The average molecular weight is 327 g/mol. The molecule has 0 fully saturated rings. The van der Waals surface area contributed by atoms with E-state index in [2.05, 4.69) is 27.6 Å². The molecule has 0 atom stereocenters. The maximum Gasteiger partial charge on any atom is 0.333 e. The Labute approximate surface area is 144 Å². The third-order valence-electron chi connectivity index (χ3n) is 4.36. The summed E-state index contributed by atoms with van der Waals surface area (Å²) in [4.78, 5) is 11.2. The molecule has 0 aromatic carbocycles. The summed E-state index contributed by atoms with van der Waals surface area (Å²) >= 11 is 0. The van der Waals surface area contributed by atoms with Gasteiger partial charge in [0.25, 0.3) is 0 Å². The summed E-state index contributed by atoms with van der Waals surface area (Å²) in [6.45, 7) is 10.7. The van der Waals surface area contributed by atoms with Gasteiger partial charge in [-0.1, -0.05) is 45.6 Å². The van der Waals surface area contributed by atoms with Gasteiger partial charge in [0.05, 0.1) is 33.8 Å². The van der Waals surface area contributed by atoms with E-state index in [1.54, 1.807) is 6.92 Å². The van der Waals surface area contributed by atoms with E-state index in [4.69, 9.17) is 4.74 Å². The summed E-state index contributed by atoms with van der Waals surface area (Å²) in [6, 6.07) is 0. The van der Waals surface area contributed by atoms with Gasteiger partial charge in [-0.25, -0.2) is 4.79 Å². The van der Waals surface area contributed by atoms with Crippen molar-refractivity contribution >= 4 is 5.97 Å². The van der Waals surface area contributed by atoms with Crippen LogP contribution in [0.25, 0.3) is 0 Å². The monoisotopic (exact) mass is 326 g/mol. The molecule has 0 rings (SSSR count). The number of nitrogens with zero attached hydrogens (tertiary/aromatic N) is 1. The van der Waals surface area contributed by atoms with E-state index in [1.165, 1.54) is 68.9 Å². The van der Waals surface area contributed by atoms with Crippen molar-refractivity contribution in [1.29, 1.82) is 0 Å². The molecule has 0 N–H and O–H groups in total. The molecule has 0 aromatic rings. The number of esters is 1. The molecule has 0 aliphatic heterocycles. The third kappa shape index (κ3) is 14.5. The predicted molar refractivity (Wildman–Crippen MR) is 99.5 cm³/mol. The van der Waals surface area contributed by atoms with Crippen molar-refractivity contribution < 1.29 is 14.0 Å². The summed E-state index contributed by atoms with van der Waals surface area (Å²) < 4.78 is 6.26. The van der Waals surface area contributed by atoms with Crippen molar-refractivity contribution in [2.24, 2.45) is 0 Å². The summed E-state index contributed by atoms with van der Waals surface area (Å²) in [6.07, 6.45) is 12.8. The molecule has 0 aliphatic rings. The van der Waals surface area contributed by atoms with Gasteiger partial charge in [-0.15, -0.1) is 0 Å². The number of ether oxygens (including phenoxy) is 1. The van der Waals surface area contributed by atoms with Crippen LogP contribution in [0, 0.1) is 0 Å². The number of hydrogen-bond donors (Lipinski definition) is 0. The van der Waals surface area contributed by atoms with Crippen LogP contribution in [-0.2, 0) is 9.53 Å². The number of unbranched alkanes of at least 4 members (excludes halogenated alkanes) is 8. The van der Waals surface area contributed by atoms with Crippen molar-refractivity contribution in [2.75, 3.05) is 33.8 Å². The molecular formula is C20H40NO2+. The fraction of sp³-hybridized carbons (Fsp3) is 0.850. The lowest BCUT2D eigenvalue weighted by Crippen LogP contribution is -2.41. The molecule has 0 saturated carbocycles. The summed E-state index contributed by atoms with van der Waals surface area (Å²) in [7, 11) is 4.73. The zero-order valence-electron chi connectivity index (χ0n) is 16.2. The van der Waals surface area contributed by atoms with Crippen LogP contribution in [-0.4, -0.2) is 44.2 Å². The van der Waals surface area contributed by atoms with Crippen LogP contribution in [0.5, 0.6) is 0 Å². The second-order valence-corrected chi connectivity index (χ2v) is 7.48. The Morgan fingerprint density at radius 3 is 1.87 bits per heavy atom. The van der Waals surface area contributed by atoms with Gasteiger partial charge in [-0.05, 0) is 39.0 Å². The van der Waals surface area contributed by atoms with Gasteiger partial charge in [0.15, 0.2) is 0 Å². The number of quaternary nitrogens is 1. The van der Waals surface area contributed by atoms with Crippen molar-refractivity contribution in [3.05, 3.63) is 12.2 Å². The van der Waals surface area contributed by atoms with Crippen LogP contribution in [0.15, 0.2) is 12.2 Å². The zero-order valence-corrected chi connectivity index (χ0v) is 16.2. The van der Waals surface area contributed by atoms with Crippen molar-refractivity contribution in [1.82, 2.24) is 0 Å². The number of carbonyl (C=O) groups excluding carboxylic acids is 1. The van der Waals surface area contributed by atoms with E-state index < -0.39 is 0 Å². The SMILES string of the molecule is C=C(C)C(=O)OCCCCCCCC[N+](C)(C)CCCCCC. The lowest BCUT2D eigenvalue weighted by Gasteiger charge is -2.30. The lowest BCUT2D eigenvalue weighted by molar-refractivity contribution is -0.890. The fourth-order valence-corrected chi connectivity index (χ4v) is 2.72. The van der Waals surface area contributed by atoms with Gasteiger partial charge in [-0.3, -0.25) is 0 Å². The maximum atomic E-state index is 11.2. The molecule has 0 amide bonds. The molecule has 0 aliphatic carbocycles. The minimum Gasteiger partial charge on any atom is -0.462 e. The van der Waals surface area contributed by atoms with E-state index in [0.29, 0.717) is 12.2 Å². The fourth-order valence-electron chi connectivity index (χ4n) is 2.72. The zero-order chi connectivity index (χ0) is 17.6. The smallest absolute Gasteiger partial charge is 0.333 e. The van der Waals surface area contributed by atoms with Crippen LogP contribution in [0.1, 0.15) is 78.1 Å². The van der Waals surface area contributed by atoms with E-state index >= 15 is 0 Å². The van der Waals surface area contributed by atoms with Gasteiger partial charge < -0.3 is 9.22 Å². The molecule has 136 valence electrons. The molecular weight excluding hydrogens is 286 g/mol. The number of carbonyl (C=O) groups is 1. The Kier molecular flexibility index (Phi) is 13.1. The molecule has 3 heteroatoms. The number of hydrogen-bond acceptors (Lipinski definition) is 2. The first kappa shape index (κ1) is 22.2. The van der Waals surface area contributed by atoms with Crippen LogP contribution < -0.4 is 0 Å². The molecule has 0 bridgehead atoms.